The lowest BCUT2D eigenvalue weighted by atomic mass is 9.98. The van der Waals surface area contributed by atoms with Crippen LogP contribution in [0.4, 0.5) is 5.69 Å². The van der Waals surface area contributed by atoms with Gasteiger partial charge in [-0.3, -0.25) is 0 Å². The Labute approximate surface area is 259 Å². The molecule has 0 unspecified atom stereocenters. The van der Waals surface area contributed by atoms with Gasteiger partial charge in [-0.1, -0.05) is 43.7 Å². The zero-order chi connectivity index (χ0) is 31.1. The van der Waals surface area contributed by atoms with Crippen molar-refractivity contribution < 1.29 is 17.7 Å². The Balaban J connectivity index is 1.20. The lowest BCUT2D eigenvalue weighted by Gasteiger charge is -2.20. The molecular weight excluding hydrogens is 566 g/mol. The molecule has 0 aliphatic carbocycles. The Morgan fingerprint density at radius 3 is 1.93 bits per heavy atom. The van der Waals surface area contributed by atoms with Gasteiger partial charge in [0, 0.05) is 41.0 Å². The number of hydrogen-bond acceptors (Lipinski definition) is 7. The van der Waals surface area contributed by atoms with Crippen LogP contribution in [-0.4, -0.2) is 13.1 Å². The van der Waals surface area contributed by atoms with Gasteiger partial charge in [0.2, 0.25) is 0 Å². The van der Waals surface area contributed by atoms with Gasteiger partial charge in [0.1, 0.15) is 33.8 Å². The first-order valence-electron chi connectivity index (χ1n) is 15.5. The summed E-state index contributed by atoms with van der Waals surface area (Å²) in [5.41, 5.74) is 3.02. The molecule has 45 heavy (non-hydrogen) atoms. The van der Waals surface area contributed by atoms with Gasteiger partial charge >= 0.3 is 11.3 Å². The third kappa shape index (κ3) is 5.14. The first-order chi connectivity index (χ1) is 22.0. The number of hydrogen-bond donors (Lipinski definition) is 0. The summed E-state index contributed by atoms with van der Waals surface area (Å²) in [6.07, 6.45) is 3.20. The number of unbranched alkanes of at least 4 members (excludes halogenated alkanes) is 1. The molecule has 7 nitrogen and oxygen atoms in total. The summed E-state index contributed by atoms with van der Waals surface area (Å²) >= 11 is 0. The third-order valence-corrected chi connectivity index (χ3v) is 8.48. The smallest absolute Gasteiger partial charge is 0.347 e. The van der Waals surface area contributed by atoms with Crippen LogP contribution in [0.5, 0.6) is 0 Å². The molecule has 0 aliphatic rings. The van der Waals surface area contributed by atoms with Crippen molar-refractivity contribution in [3.05, 3.63) is 111 Å². The highest BCUT2D eigenvalue weighted by Crippen LogP contribution is 2.34. The highest BCUT2D eigenvalue weighted by atomic mass is 16.4. The summed E-state index contributed by atoms with van der Waals surface area (Å²) in [6.45, 7) is 8.07. The van der Waals surface area contributed by atoms with Gasteiger partial charge in [-0.15, -0.1) is 0 Å². The number of nitrogens with zero attached hydrogens (tertiary/aromatic N) is 1. The van der Waals surface area contributed by atoms with Crippen molar-refractivity contribution in [1.82, 2.24) is 0 Å². The monoisotopic (exact) mass is 599 g/mol. The van der Waals surface area contributed by atoms with Crippen LogP contribution in [0.25, 0.3) is 66.9 Å². The van der Waals surface area contributed by atoms with Gasteiger partial charge in [-0.25, -0.2) is 9.59 Å². The van der Waals surface area contributed by atoms with Gasteiger partial charge in [-0.05, 0) is 86.2 Å². The van der Waals surface area contributed by atoms with E-state index in [1.165, 1.54) is 5.56 Å². The standard InChI is InChI=1S/C38H33NO6/c1-4-7-9-23-10-8-11-28-27(23)15-13-25-21-30(38(41)45-36(25)28)32-17-19-34(43-32)33-18-16-31(42-33)29-20-24-12-14-26(39(5-2)6-3)22-35(24)44-37(29)40/h8,10-22H,4-7,9H2,1-3H3. The fourth-order valence-corrected chi connectivity index (χ4v) is 6.05. The van der Waals surface area contributed by atoms with Crippen molar-refractivity contribution in [2.45, 2.75) is 40.0 Å². The van der Waals surface area contributed by atoms with E-state index in [1.54, 1.807) is 36.4 Å². The van der Waals surface area contributed by atoms with E-state index in [1.807, 2.05) is 36.4 Å². The first kappa shape index (κ1) is 28.5. The van der Waals surface area contributed by atoms with E-state index in [0.717, 1.165) is 59.6 Å². The minimum atomic E-state index is -0.487. The SMILES string of the molecule is CCCCc1cccc2c1ccc1cc(-c3ccc(-c4ccc(-c5cc6ccc(N(CC)CC)cc6oc5=O)o4)o3)c(=O)oc12. The Morgan fingerprint density at radius 1 is 0.600 bits per heavy atom. The average Bonchev–Trinajstić information content (AvgIpc) is 3.74. The van der Waals surface area contributed by atoms with E-state index in [9.17, 15) is 9.59 Å². The second-order valence-electron chi connectivity index (χ2n) is 11.2. The molecule has 226 valence electrons. The molecule has 0 aliphatic heterocycles. The van der Waals surface area contributed by atoms with Crippen molar-refractivity contribution in [3.8, 4) is 34.2 Å². The van der Waals surface area contributed by atoms with E-state index in [-0.39, 0.29) is 0 Å². The van der Waals surface area contributed by atoms with Gasteiger partial charge in [0.05, 0.1) is 0 Å². The number of anilines is 1. The molecule has 0 radical (unpaired) electrons. The van der Waals surface area contributed by atoms with Crippen LogP contribution in [-0.2, 0) is 6.42 Å². The number of furan rings is 2. The van der Waals surface area contributed by atoms with E-state index in [2.05, 4.69) is 37.8 Å². The molecule has 4 aromatic heterocycles. The Bertz CT molecular complexity index is 2300. The summed E-state index contributed by atoms with van der Waals surface area (Å²) in [7, 11) is 0. The third-order valence-electron chi connectivity index (χ3n) is 8.48. The fourth-order valence-electron chi connectivity index (χ4n) is 6.05. The summed E-state index contributed by atoms with van der Waals surface area (Å²) < 4.78 is 23.7. The van der Waals surface area contributed by atoms with E-state index in [0.29, 0.717) is 45.3 Å². The van der Waals surface area contributed by atoms with Crippen LogP contribution in [0.3, 0.4) is 0 Å². The molecule has 3 aromatic carbocycles. The largest absolute Gasteiger partial charge is 0.453 e. The lowest BCUT2D eigenvalue weighted by molar-refractivity contribution is 0.525. The minimum absolute atomic E-state index is 0.316. The number of aryl methyl sites for hydroxylation is 1. The number of benzene rings is 3. The van der Waals surface area contributed by atoms with Gasteiger partial charge in [-0.2, -0.15) is 0 Å². The molecule has 7 aromatic rings. The number of rotatable bonds is 9. The normalized spacial score (nSPS) is 11.6. The molecular formula is C38H33NO6. The summed E-state index contributed by atoms with van der Waals surface area (Å²) in [4.78, 5) is 28.4. The molecule has 0 atom stereocenters. The van der Waals surface area contributed by atoms with Crippen molar-refractivity contribution in [2.75, 3.05) is 18.0 Å². The maximum Gasteiger partial charge on any atom is 0.347 e. The van der Waals surface area contributed by atoms with Crippen LogP contribution < -0.4 is 16.2 Å². The molecule has 7 rings (SSSR count). The highest BCUT2D eigenvalue weighted by molar-refractivity contribution is 6.05. The van der Waals surface area contributed by atoms with Crippen molar-refractivity contribution >= 4 is 38.4 Å². The zero-order valence-electron chi connectivity index (χ0n) is 25.5. The average molecular weight is 600 g/mol. The predicted octanol–water partition coefficient (Wildman–Crippen LogP) is 9.43. The second kappa shape index (κ2) is 11.7. The maximum absolute atomic E-state index is 13.2. The quantitative estimate of drug-likeness (QED) is 0.121. The summed E-state index contributed by atoms with van der Waals surface area (Å²) in [5.74, 6) is 1.57. The molecule has 0 bridgehead atoms. The molecule has 0 fully saturated rings. The lowest BCUT2D eigenvalue weighted by Crippen LogP contribution is -2.21. The van der Waals surface area contributed by atoms with Crippen LogP contribution >= 0.6 is 0 Å². The second-order valence-corrected chi connectivity index (χ2v) is 11.2. The van der Waals surface area contributed by atoms with Crippen LogP contribution in [0.2, 0.25) is 0 Å². The fraction of sp³-hybridized carbons (Fsp3) is 0.211. The summed E-state index contributed by atoms with van der Waals surface area (Å²) in [6, 6.07) is 26.6. The first-order valence-corrected chi connectivity index (χ1v) is 15.5. The van der Waals surface area contributed by atoms with E-state index < -0.39 is 11.3 Å². The predicted molar refractivity (Wildman–Crippen MR) is 179 cm³/mol. The molecule has 0 spiro atoms. The van der Waals surface area contributed by atoms with Gasteiger partial charge in [0.15, 0.2) is 11.5 Å². The topological polar surface area (TPSA) is 89.9 Å². The van der Waals surface area contributed by atoms with Crippen molar-refractivity contribution in [2.24, 2.45) is 0 Å². The van der Waals surface area contributed by atoms with Gasteiger partial charge in [0.25, 0.3) is 0 Å². The van der Waals surface area contributed by atoms with Crippen molar-refractivity contribution in [3.63, 3.8) is 0 Å². The van der Waals surface area contributed by atoms with Crippen molar-refractivity contribution in [1.29, 1.82) is 0 Å². The number of fused-ring (bicyclic) bond motifs is 4. The van der Waals surface area contributed by atoms with E-state index >= 15 is 0 Å². The maximum atomic E-state index is 13.2. The Kier molecular flexibility index (Phi) is 7.37. The van der Waals surface area contributed by atoms with E-state index in [4.69, 9.17) is 17.7 Å². The van der Waals surface area contributed by atoms with Gasteiger partial charge < -0.3 is 22.6 Å². The Hall–Kier alpha value is -5.30. The van der Waals surface area contributed by atoms with Crippen LogP contribution in [0, 0.1) is 0 Å². The minimum Gasteiger partial charge on any atom is -0.453 e. The molecule has 0 saturated heterocycles. The van der Waals surface area contributed by atoms with Crippen LogP contribution in [0.15, 0.2) is 112 Å². The Morgan fingerprint density at radius 2 is 1.24 bits per heavy atom. The molecule has 0 N–H and O–H groups in total. The zero-order valence-corrected chi connectivity index (χ0v) is 25.5. The molecule has 7 heteroatoms. The summed E-state index contributed by atoms with van der Waals surface area (Å²) in [5, 5.41) is 3.64. The highest BCUT2D eigenvalue weighted by Gasteiger charge is 2.18. The van der Waals surface area contributed by atoms with Crippen LogP contribution in [0.1, 0.15) is 39.2 Å². The molecule has 0 saturated carbocycles. The molecule has 0 amide bonds. The molecule has 4 heterocycles.